The summed E-state index contributed by atoms with van der Waals surface area (Å²) in [7, 11) is 0. The van der Waals surface area contributed by atoms with Gasteiger partial charge >= 0.3 is 5.69 Å². The van der Waals surface area contributed by atoms with Crippen molar-refractivity contribution in [3.63, 3.8) is 0 Å². The molecule has 8 nitrogen and oxygen atoms in total. The highest BCUT2D eigenvalue weighted by molar-refractivity contribution is 7.99. The van der Waals surface area contributed by atoms with Crippen LogP contribution in [0.3, 0.4) is 0 Å². The molecule has 3 heterocycles. The Bertz CT molecular complexity index is 1300. The number of hydrogen-bond donors (Lipinski definition) is 0. The zero-order valence-electron chi connectivity index (χ0n) is 14.5. The number of oxazole rings is 2. The molecule has 0 aliphatic carbocycles. The molecule has 0 radical (unpaired) electrons. The van der Waals surface area contributed by atoms with Crippen LogP contribution >= 0.6 is 23.5 Å². The lowest BCUT2D eigenvalue weighted by Crippen LogP contribution is -1.94. The van der Waals surface area contributed by atoms with E-state index in [1.165, 1.54) is 17.8 Å². The monoisotopic (exact) mass is 422 g/mol. The average Bonchev–Trinajstić information content (AvgIpc) is 3.30. The average molecular weight is 422 g/mol. The van der Waals surface area contributed by atoms with Crippen LogP contribution < -0.4 is 0 Å². The first-order valence-corrected chi connectivity index (χ1v) is 10.0. The summed E-state index contributed by atoms with van der Waals surface area (Å²) < 4.78 is 11.3. The number of hydrogen-bond acceptors (Lipinski definition) is 9. The van der Waals surface area contributed by atoms with Gasteiger partial charge in [-0.25, -0.2) is 15.0 Å². The number of nitro groups is 1. The Balaban J connectivity index is 1.48. The lowest BCUT2D eigenvalue weighted by molar-refractivity contribution is -0.388. The molecule has 0 saturated heterocycles. The highest BCUT2D eigenvalue weighted by atomic mass is 32.2. The van der Waals surface area contributed by atoms with Crippen LogP contribution in [0.1, 0.15) is 0 Å². The van der Waals surface area contributed by atoms with E-state index < -0.39 is 4.92 Å². The van der Waals surface area contributed by atoms with E-state index in [0.29, 0.717) is 26.9 Å². The smallest absolute Gasteiger partial charge is 0.301 e. The molecule has 10 heteroatoms. The van der Waals surface area contributed by atoms with Crippen LogP contribution in [0, 0.1) is 10.1 Å². The summed E-state index contributed by atoms with van der Waals surface area (Å²) >= 11 is 2.19. The Morgan fingerprint density at radius 3 is 1.93 bits per heavy atom. The van der Waals surface area contributed by atoms with Crippen LogP contribution in [0.2, 0.25) is 0 Å². The fourth-order valence-corrected chi connectivity index (χ4v) is 4.27. The van der Waals surface area contributed by atoms with Gasteiger partial charge in [0, 0.05) is 6.07 Å². The lowest BCUT2D eigenvalue weighted by Gasteiger charge is -2.02. The number of fused-ring (bicyclic) bond motifs is 2. The van der Waals surface area contributed by atoms with Crippen molar-refractivity contribution in [2.45, 2.75) is 20.5 Å². The van der Waals surface area contributed by atoms with Gasteiger partial charge in [0.1, 0.15) is 16.1 Å². The second-order valence-electron chi connectivity index (χ2n) is 5.83. The Hall–Kier alpha value is -3.37. The maximum absolute atomic E-state index is 11.4. The van der Waals surface area contributed by atoms with Crippen LogP contribution in [0.5, 0.6) is 0 Å². The van der Waals surface area contributed by atoms with Gasteiger partial charge in [0.2, 0.25) is 0 Å². The molecular formula is C19H10N4O4S2. The molecule has 29 heavy (non-hydrogen) atoms. The Kier molecular flexibility index (Phi) is 4.41. The van der Waals surface area contributed by atoms with Gasteiger partial charge in [-0.2, -0.15) is 0 Å². The zero-order valence-corrected chi connectivity index (χ0v) is 16.1. The van der Waals surface area contributed by atoms with Crippen LogP contribution in [-0.2, 0) is 0 Å². The molecule has 0 unspecified atom stereocenters. The molecule has 3 aromatic heterocycles. The van der Waals surface area contributed by atoms with Gasteiger partial charge in [-0.3, -0.25) is 10.1 Å². The topological polar surface area (TPSA) is 108 Å². The zero-order chi connectivity index (χ0) is 19.8. The van der Waals surface area contributed by atoms with E-state index in [4.69, 9.17) is 8.83 Å². The van der Waals surface area contributed by atoms with Gasteiger partial charge in [0.05, 0.1) is 4.92 Å². The lowest BCUT2D eigenvalue weighted by atomic mass is 10.3. The van der Waals surface area contributed by atoms with Crippen molar-refractivity contribution in [1.29, 1.82) is 0 Å². The number of rotatable bonds is 5. The maximum atomic E-state index is 11.4. The first-order valence-electron chi connectivity index (χ1n) is 8.38. The number of aromatic nitrogens is 3. The van der Waals surface area contributed by atoms with Crippen molar-refractivity contribution < 1.29 is 13.8 Å². The van der Waals surface area contributed by atoms with Crippen molar-refractivity contribution in [2.24, 2.45) is 0 Å². The molecule has 0 aliphatic heterocycles. The van der Waals surface area contributed by atoms with Crippen molar-refractivity contribution in [3.8, 4) is 0 Å². The molecule has 0 bridgehead atoms. The maximum Gasteiger partial charge on any atom is 0.301 e. The van der Waals surface area contributed by atoms with Gasteiger partial charge < -0.3 is 8.83 Å². The number of para-hydroxylation sites is 4. The third-order valence-electron chi connectivity index (χ3n) is 3.94. The van der Waals surface area contributed by atoms with Gasteiger partial charge in [0.15, 0.2) is 16.2 Å². The Morgan fingerprint density at radius 1 is 0.759 bits per heavy atom. The summed E-state index contributed by atoms with van der Waals surface area (Å²) in [6.07, 6.45) is 0. The summed E-state index contributed by atoms with van der Waals surface area (Å²) in [6.45, 7) is 0. The quantitative estimate of drug-likeness (QED) is 0.265. The van der Waals surface area contributed by atoms with Gasteiger partial charge in [-0.15, -0.1) is 0 Å². The molecule has 0 atom stereocenters. The fraction of sp³-hybridized carbons (Fsp3) is 0. The molecule has 0 amide bonds. The summed E-state index contributed by atoms with van der Waals surface area (Å²) in [5, 5.41) is 12.8. The first-order chi connectivity index (χ1) is 14.2. The van der Waals surface area contributed by atoms with Crippen LogP contribution in [-0.4, -0.2) is 19.9 Å². The minimum absolute atomic E-state index is 0.126. The normalized spacial score (nSPS) is 11.3. The molecule has 0 fully saturated rings. The van der Waals surface area contributed by atoms with Crippen LogP contribution in [0.4, 0.5) is 5.69 Å². The molecule has 0 saturated carbocycles. The first kappa shape index (κ1) is 17.7. The predicted molar refractivity (Wildman–Crippen MR) is 107 cm³/mol. The second kappa shape index (κ2) is 7.22. The SMILES string of the molecule is O=[N+]([O-])c1ccc(Sc2nc3ccccc3o2)nc1Sc1nc2ccccc2o1. The fourth-order valence-electron chi connectivity index (χ4n) is 2.65. The molecule has 0 aliphatic rings. The predicted octanol–water partition coefficient (Wildman–Crippen LogP) is 5.57. The molecule has 0 spiro atoms. The molecule has 2 aromatic carbocycles. The van der Waals surface area contributed by atoms with Crippen molar-refractivity contribution in [2.75, 3.05) is 0 Å². The molecule has 5 aromatic rings. The summed E-state index contributed by atoms with van der Waals surface area (Å²) in [5.74, 6) is 0. The number of benzene rings is 2. The standard InChI is InChI=1S/C19H10N4O4S2/c24-23(25)13-9-10-16(28-18-20-11-5-1-3-7-14(11)26-18)22-17(13)29-19-21-12-6-2-4-8-15(12)27-19/h1-10H. The summed E-state index contributed by atoms with van der Waals surface area (Å²) in [6, 6.07) is 17.6. The molecular weight excluding hydrogens is 412 g/mol. The van der Waals surface area contributed by atoms with Crippen LogP contribution in [0.25, 0.3) is 22.2 Å². The largest absolute Gasteiger partial charge is 0.431 e. The summed E-state index contributed by atoms with van der Waals surface area (Å²) in [5.41, 5.74) is 2.56. The number of nitrogens with zero attached hydrogens (tertiary/aromatic N) is 4. The minimum atomic E-state index is -0.480. The van der Waals surface area contributed by atoms with E-state index in [1.54, 1.807) is 12.1 Å². The minimum Gasteiger partial charge on any atom is -0.431 e. The van der Waals surface area contributed by atoms with Crippen molar-refractivity contribution in [3.05, 3.63) is 70.8 Å². The van der Waals surface area contributed by atoms with E-state index in [1.807, 2.05) is 42.5 Å². The summed E-state index contributed by atoms with van der Waals surface area (Å²) in [4.78, 5) is 24.1. The Morgan fingerprint density at radius 2 is 1.34 bits per heavy atom. The van der Waals surface area contributed by atoms with Crippen LogP contribution in [0.15, 0.2) is 90.0 Å². The molecule has 5 rings (SSSR count). The van der Waals surface area contributed by atoms with E-state index >= 15 is 0 Å². The second-order valence-corrected chi connectivity index (χ2v) is 7.74. The highest BCUT2D eigenvalue weighted by Gasteiger charge is 2.21. The van der Waals surface area contributed by atoms with Crippen molar-refractivity contribution in [1.82, 2.24) is 15.0 Å². The van der Waals surface area contributed by atoms with E-state index in [0.717, 1.165) is 17.3 Å². The van der Waals surface area contributed by atoms with Gasteiger partial charge in [0.25, 0.3) is 10.4 Å². The third-order valence-corrected chi connectivity index (χ3v) is 5.56. The third kappa shape index (κ3) is 3.55. The van der Waals surface area contributed by atoms with E-state index in [9.17, 15) is 10.1 Å². The number of pyridine rings is 1. The van der Waals surface area contributed by atoms with Crippen molar-refractivity contribution >= 4 is 51.4 Å². The van der Waals surface area contributed by atoms with E-state index in [2.05, 4.69) is 15.0 Å². The molecule has 0 N–H and O–H groups in total. The Labute approximate surface area is 171 Å². The van der Waals surface area contributed by atoms with E-state index in [-0.39, 0.29) is 15.9 Å². The van der Waals surface area contributed by atoms with Gasteiger partial charge in [-0.05, 0) is 53.9 Å². The highest BCUT2D eigenvalue weighted by Crippen LogP contribution is 2.37. The van der Waals surface area contributed by atoms with Gasteiger partial charge in [-0.1, -0.05) is 24.3 Å². The molecule has 142 valence electrons.